The number of piperazine rings is 2. The highest BCUT2D eigenvalue weighted by molar-refractivity contribution is 5.90. The van der Waals surface area contributed by atoms with Crippen LogP contribution in [0, 0.1) is 5.41 Å². The summed E-state index contributed by atoms with van der Waals surface area (Å²) in [7, 11) is 0. The fraction of sp³-hybridized carbons (Fsp3) is 0.905. The second kappa shape index (κ2) is 11.2. The number of hydrogen-bond acceptors (Lipinski definition) is 5. The molecule has 2 saturated carbocycles. The van der Waals surface area contributed by atoms with Gasteiger partial charge in [0.15, 0.2) is 0 Å². The maximum absolute atomic E-state index is 13.5. The Morgan fingerprint density at radius 3 is 1.65 bits per heavy atom. The highest BCUT2D eigenvalue weighted by atomic mass is 35.5. The maximum atomic E-state index is 13.5. The molecule has 2 aliphatic carbocycles. The number of nitrogens with one attached hydrogen (secondary N) is 1. The van der Waals surface area contributed by atoms with Gasteiger partial charge in [-0.05, 0) is 38.6 Å². The fourth-order valence-corrected chi connectivity index (χ4v) is 5.40. The van der Waals surface area contributed by atoms with Gasteiger partial charge in [0.1, 0.15) is 0 Å². The van der Waals surface area contributed by atoms with Gasteiger partial charge in [-0.3, -0.25) is 19.4 Å². The molecule has 0 radical (unpaired) electrons. The minimum atomic E-state index is -0.521. The molecule has 7 nitrogen and oxygen atoms in total. The molecular weight excluding hydrogens is 461 g/mol. The summed E-state index contributed by atoms with van der Waals surface area (Å²) in [6.45, 7) is 8.79. The van der Waals surface area contributed by atoms with Crippen molar-refractivity contribution >= 4 is 49.0 Å². The molecule has 1 unspecified atom stereocenters. The van der Waals surface area contributed by atoms with Crippen molar-refractivity contribution in [3.05, 3.63) is 0 Å². The van der Waals surface area contributed by atoms with Crippen LogP contribution in [0.25, 0.3) is 0 Å². The summed E-state index contributed by atoms with van der Waals surface area (Å²) in [6, 6.07) is 1.55. The monoisotopic (exact) mass is 497 g/mol. The molecule has 0 aromatic carbocycles. The number of nitrogens with zero attached hydrogens (tertiary/aromatic N) is 4. The molecule has 0 aromatic heterocycles. The molecule has 3 heterocycles. The summed E-state index contributed by atoms with van der Waals surface area (Å²) in [5.41, 5.74) is -0.521. The lowest BCUT2D eigenvalue weighted by atomic mass is 9.81. The molecule has 0 aromatic rings. The van der Waals surface area contributed by atoms with Crippen molar-refractivity contribution in [3.63, 3.8) is 0 Å². The van der Waals surface area contributed by atoms with Crippen LogP contribution < -0.4 is 5.32 Å². The van der Waals surface area contributed by atoms with E-state index in [0.717, 1.165) is 77.4 Å². The van der Waals surface area contributed by atoms with E-state index in [9.17, 15) is 9.59 Å². The number of carbonyl (C=O) groups is 2. The molecular formula is C21H38Cl3N5O2. The average Bonchev–Trinajstić information content (AvgIpc) is 3.66. The van der Waals surface area contributed by atoms with Crippen LogP contribution in [0.15, 0.2) is 0 Å². The van der Waals surface area contributed by atoms with Gasteiger partial charge >= 0.3 is 0 Å². The second-order valence-corrected chi connectivity index (χ2v) is 9.59. The van der Waals surface area contributed by atoms with E-state index >= 15 is 0 Å². The van der Waals surface area contributed by atoms with Crippen LogP contribution in [0.3, 0.4) is 0 Å². The Labute approximate surface area is 204 Å². The maximum Gasteiger partial charge on any atom is 0.230 e. The predicted octanol–water partition coefficient (Wildman–Crippen LogP) is 1.23. The van der Waals surface area contributed by atoms with Crippen LogP contribution in [-0.2, 0) is 9.59 Å². The summed E-state index contributed by atoms with van der Waals surface area (Å²) in [5, 5.41) is 3.37. The molecule has 0 bridgehead atoms. The largest absolute Gasteiger partial charge is 0.340 e. The zero-order chi connectivity index (χ0) is 19.1. The summed E-state index contributed by atoms with van der Waals surface area (Å²) in [4.78, 5) is 35.7. The molecule has 5 fully saturated rings. The summed E-state index contributed by atoms with van der Waals surface area (Å²) in [5.74, 6) is 0.405. The van der Waals surface area contributed by atoms with Crippen molar-refractivity contribution < 1.29 is 9.59 Å². The third-order valence-corrected chi connectivity index (χ3v) is 7.58. The van der Waals surface area contributed by atoms with Crippen LogP contribution in [0.5, 0.6) is 0 Å². The molecule has 0 spiro atoms. The lowest BCUT2D eigenvalue weighted by Gasteiger charge is -2.41. The molecule has 31 heavy (non-hydrogen) atoms. The molecule has 180 valence electrons. The van der Waals surface area contributed by atoms with Gasteiger partial charge in [0.2, 0.25) is 11.8 Å². The van der Waals surface area contributed by atoms with E-state index in [0.29, 0.717) is 13.0 Å². The average molecular weight is 499 g/mol. The van der Waals surface area contributed by atoms with Crippen LogP contribution in [0.2, 0.25) is 0 Å². The van der Waals surface area contributed by atoms with Crippen molar-refractivity contribution in [3.8, 4) is 0 Å². The van der Waals surface area contributed by atoms with Crippen molar-refractivity contribution in [1.29, 1.82) is 0 Å². The lowest BCUT2D eigenvalue weighted by Crippen LogP contribution is -2.56. The standard InChI is InChI=1S/C21H35N5O2.3ClH/c27-19(25-11-7-23(8-12-25)17-1-2-17)15-21(5-6-22-16-21)20(28)26-13-9-24(10-14-26)18-3-4-18;;;/h17-18,22H,1-16H2;3*1H. The van der Waals surface area contributed by atoms with Gasteiger partial charge in [-0.15, -0.1) is 37.2 Å². The Morgan fingerprint density at radius 1 is 0.742 bits per heavy atom. The number of rotatable bonds is 5. The van der Waals surface area contributed by atoms with E-state index in [1.54, 1.807) is 0 Å². The Morgan fingerprint density at radius 2 is 1.23 bits per heavy atom. The zero-order valence-electron chi connectivity index (χ0n) is 18.3. The SMILES string of the molecule is Cl.Cl.Cl.O=C(CC1(C(=O)N2CCN(C3CC3)CC2)CCNC1)N1CCN(C2CC2)CC1. The first-order chi connectivity index (χ1) is 13.6. The molecule has 2 amide bonds. The quantitative estimate of drug-likeness (QED) is 0.618. The van der Waals surface area contributed by atoms with Gasteiger partial charge in [-0.2, -0.15) is 0 Å². The molecule has 3 saturated heterocycles. The number of carbonyl (C=O) groups excluding carboxylic acids is 2. The molecule has 5 aliphatic rings. The lowest BCUT2D eigenvalue weighted by molar-refractivity contribution is -0.149. The molecule has 1 N–H and O–H groups in total. The van der Waals surface area contributed by atoms with Gasteiger partial charge < -0.3 is 15.1 Å². The van der Waals surface area contributed by atoms with Crippen molar-refractivity contribution in [2.45, 2.75) is 50.6 Å². The molecule has 1 atom stereocenters. The number of hydrogen-bond donors (Lipinski definition) is 1. The van der Waals surface area contributed by atoms with Gasteiger partial charge in [-0.25, -0.2) is 0 Å². The minimum absolute atomic E-state index is 0. The Kier molecular flexibility index (Phi) is 9.74. The first kappa shape index (κ1) is 26.9. The van der Waals surface area contributed by atoms with Crippen molar-refractivity contribution in [1.82, 2.24) is 24.9 Å². The topological polar surface area (TPSA) is 59.1 Å². The van der Waals surface area contributed by atoms with Crippen LogP contribution in [0.4, 0.5) is 0 Å². The van der Waals surface area contributed by atoms with Crippen LogP contribution >= 0.6 is 37.2 Å². The van der Waals surface area contributed by atoms with Crippen LogP contribution in [-0.4, -0.2) is 109 Å². The summed E-state index contributed by atoms with van der Waals surface area (Å²) >= 11 is 0. The van der Waals surface area contributed by atoms with Gasteiger partial charge in [0.25, 0.3) is 0 Å². The smallest absolute Gasteiger partial charge is 0.230 e. The van der Waals surface area contributed by atoms with E-state index in [2.05, 4.69) is 15.1 Å². The normalized spacial score (nSPS) is 29.5. The molecule has 5 rings (SSSR count). The zero-order valence-corrected chi connectivity index (χ0v) is 20.7. The third-order valence-electron chi connectivity index (χ3n) is 7.58. The van der Waals surface area contributed by atoms with Crippen LogP contribution in [0.1, 0.15) is 38.5 Å². The highest BCUT2D eigenvalue weighted by Gasteiger charge is 2.47. The number of amides is 2. The molecule has 3 aliphatic heterocycles. The first-order valence-corrected chi connectivity index (χ1v) is 11.4. The van der Waals surface area contributed by atoms with E-state index in [4.69, 9.17) is 0 Å². The molecule has 10 heteroatoms. The minimum Gasteiger partial charge on any atom is -0.340 e. The number of halogens is 3. The third kappa shape index (κ3) is 5.98. The summed E-state index contributed by atoms with van der Waals surface area (Å²) in [6.07, 6.45) is 6.47. The summed E-state index contributed by atoms with van der Waals surface area (Å²) < 4.78 is 0. The predicted molar refractivity (Wildman–Crippen MR) is 129 cm³/mol. The Bertz CT molecular complexity index is 610. The van der Waals surface area contributed by atoms with E-state index in [1.165, 1.54) is 25.7 Å². The fourth-order valence-electron chi connectivity index (χ4n) is 5.40. The second-order valence-electron chi connectivity index (χ2n) is 9.59. The first-order valence-electron chi connectivity index (χ1n) is 11.4. The van der Waals surface area contributed by atoms with Crippen molar-refractivity contribution in [2.24, 2.45) is 5.41 Å². The Balaban J connectivity index is 0.00000114. The highest BCUT2D eigenvalue weighted by Crippen LogP contribution is 2.35. The van der Waals surface area contributed by atoms with Gasteiger partial charge in [0, 0.05) is 77.4 Å². The van der Waals surface area contributed by atoms with E-state index in [-0.39, 0.29) is 49.0 Å². The van der Waals surface area contributed by atoms with Gasteiger partial charge in [0.05, 0.1) is 5.41 Å². The Hall–Kier alpha value is -0.310. The van der Waals surface area contributed by atoms with E-state index < -0.39 is 5.41 Å². The van der Waals surface area contributed by atoms with E-state index in [1.807, 2.05) is 9.80 Å². The van der Waals surface area contributed by atoms with Gasteiger partial charge in [-0.1, -0.05) is 0 Å². The van der Waals surface area contributed by atoms with Crippen molar-refractivity contribution in [2.75, 3.05) is 65.4 Å².